The first-order chi connectivity index (χ1) is 9.69. The summed E-state index contributed by atoms with van der Waals surface area (Å²) in [5.41, 5.74) is 1.17. The zero-order chi connectivity index (χ0) is 14.4. The summed E-state index contributed by atoms with van der Waals surface area (Å²) in [4.78, 5) is 11.1. The number of nitrogens with zero attached hydrogens (tertiary/aromatic N) is 3. The van der Waals surface area contributed by atoms with Gasteiger partial charge in [0.05, 0.1) is 0 Å². The summed E-state index contributed by atoms with van der Waals surface area (Å²) >= 11 is 0. The zero-order valence-electron chi connectivity index (χ0n) is 12.7. The number of nitrogens with one attached hydrogen (secondary N) is 2. The Hall–Kier alpha value is -1.78. The summed E-state index contributed by atoms with van der Waals surface area (Å²) in [7, 11) is 1.78. The van der Waals surface area contributed by atoms with E-state index in [1.54, 1.807) is 7.05 Å². The monoisotopic (exact) mass is 275 g/mol. The molecule has 0 amide bonds. The normalized spacial score (nSPS) is 15.8. The molecule has 1 fully saturated rings. The van der Waals surface area contributed by atoms with Crippen LogP contribution >= 0.6 is 0 Å². The van der Waals surface area contributed by atoms with Crippen LogP contribution in [0.3, 0.4) is 0 Å². The second-order valence-electron chi connectivity index (χ2n) is 5.44. The third kappa shape index (κ3) is 4.11. The molecule has 5 nitrogen and oxygen atoms in total. The molecule has 0 saturated carbocycles. The van der Waals surface area contributed by atoms with Crippen molar-refractivity contribution in [1.82, 2.24) is 15.6 Å². The Kier molecular flexibility index (Phi) is 5.21. The molecule has 0 radical (unpaired) electrons. The number of guanidine groups is 1. The van der Waals surface area contributed by atoms with Gasteiger partial charge in [0, 0.05) is 38.9 Å². The molecular formula is C15H25N5. The third-order valence-electron chi connectivity index (χ3n) is 3.35. The number of hydrogen-bond acceptors (Lipinski definition) is 3. The van der Waals surface area contributed by atoms with Crippen LogP contribution in [0, 0.1) is 0 Å². The Morgan fingerprint density at radius 1 is 1.35 bits per heavy atom. The van der Waals surface area contributed by atoms with Crippen LogP contribution in [0.4, 0.5) is 5.82 Å². The van der Waals surface area contributed by atoms with Crippen molar-refractivity contribution in [1.29, 1.82) is 0 Å². The Morgan fingerprint density at radius 2 is 2.10 bits per heavy atom. The quantitative estimate of drug-likeness (QED) is 0.649. The van der Waals surface area contributed by atoms with Crippen molar-refractivity contribution >= 4 is 11.8 Å². The summed E-state index contributed by atoms with van der Waals surface area (Å²) in [5.74, 6) is 1.92. The molecule has 1 saturated heterocycles. The first-order valence-electron chi connectivity index (χ1n) is 7.36. The van der Waals surface area contributed by atoms with Crippen LogP contribution in [0.15, 0.2) is 23.3 Å². The van der Waals surface area contributed by atoms with E-state index in [1.165, 1.54) is 18.4 Å². The number of rotatable bonds is 4. The van der Waals surface area contributed by atoms with Crippen LogP contribution in [0.1, 0.15) is 32.3 Å². The molecule has 2 rings (SSSR count). The van der Waals surface area contributed by atoms with Crippen molar-refractivity contribution in [3.8, 4) is 0 Å². The SMILES string of the molecule is CN=C(NCc1ccc(N2CCCC2)nc1)NC(C)C. The molecule has 0 atom stereocenters. The van der Waals surface area contributed by atoms with Gasteiger partial charge in [-0.25, -0.2) is 4.98 Å². The summed E-state index contributed by atoms with van der Waals surface area (Å²) in [6.07, 6.45) is 4.51. The van der Waals surface area contributed by atoms with E-state index in [4.69, 9.17) is 0 Å². The largest absolute Gasteiger partial charge is 0.357 e. The van der Waals surface area contributed by atoms with Gasteiger partial charge in [0.25, 0.3) is 0 Å². The average Bonchev–Trinajstić information content (AvgIpc) is 2.97. The Bertz CT molecular complexity index is 432. The molecule has 2 N–H and O–H groups in total. The molecule has 1 aliphatic rings. The summed E-state index contributed by atoms with van der Waals surface area (Å²) in [6.45, 7) is 7.20. The highest BCUT2D eigenvalue weighted by atomic mass is 15.2. The van der Waals surface area contributed by atoms with Crippen LogP contribution in [0.2, 0.25) is 0 Å². The van der Waals surface area contributed by atoms with Crippen molar-refractivity contribution in [2.45, 2.75) is 39.3 Å². The fourth-order valence-corrected chi connectivity index (χ4v) is 2.31. The Morgan fingerprint density at radius 3 is 2.65 bits per heavy atom. The average molecular weight is 275 g/mol. The van der Waals surface area contributed by atoms with E-state index in [9.17, 15) is 0 Å². The first kappa shape index (κ1) is 14.6. The highest BCUT2D eigenvalue weighted by Gasteiger charge is 2.12. The second-order valence-corrected chi connectivity index (χ2v) is 5.44. The van der Waals surface area contributed by atoms with Crippen molar-refractivity contribution in [3.05, 3.63) is 23.9 Å². The van der Waals surface area contributed by atoms with Gasteiger partial charge in [-0.3, -0.25) is 4.99 Å². The van der Waals surface area contributed by atoms with Gasteiger partial charge in [-0.05, 0) is 38.3 Å². The zero-order valence-corrected chi connectivity index (χ0v) is 12.7. The van der Waals surface area contributed by atoms with E-state index in [0.717, 1.165) is 31.4 Å². The predicted octanol–water partition coefficient (Wildman–Crippen LogP) is 1.76. The minimum Gasteiger partial charge on any atom is -0.357 e. The van der Waals surface area contributed by atoms with E-state index in [1.807, 2.05) is 6.20 Å². The van der Waals surface area contributed by atoms with Crippen molar-refractivity contribution in [2.24, 2.45) is 4.99 Å². The topological polar surface area (TPSA) is 52.6 Å². The van der Waals surface area contributed by atoms with Crippen molar-refractivity contribution in [3.63, 3.8) is 0 Å². The van der Waals surface area contributed by atoms with E-state index >= 15 is 0 Å². The summed E-state index contributed by atoms with van der Waals surface area (Å²) in [5, 5.41) is 6.56. The molecular weight excluding hydrogens is 250 g/mol. The fourth-order valence-electron chi connectivity index (χ4n) is 2.31. The molecule has 0 bridgehead atoms. The molecule has 0 aromatic carbocycles. The number of pyridine rings is 1. The maximum absolute atomic E-state index is 4.55. The molecule has 2 heterocycles. The molecule has 0 aliphatic carbocycles. The van der Waals surface area contributed by atoms with E-state index in [-0.39, 0.29) is 0 Å². The van der Waals surface area contributed by atoms with Crippen LogP contribution in [0.5, 0.6) is 0 Å². The molecule has 1 aromatic rings. The van der Waals surface area contributed by atoms with Crippen molar-refractivity contribution < 1.29 is 0 Å². The van der Waals surface area contributed by atoms with Crippen LogP contribution < -0.4 is 15.5 Å². The lowest BCUT2D eigenvalue weighted by Gasteiger charge is -2.17. The number of aliphatic imine (C=N–C) groups is 1. The van der Waals surface area contributed by atoms with Crippen molar-refractivity contribution in [2.75, 3.05) is 25.0 Å². The van der Waals surface area contributed by atoms with E-state index in [2.05, 4.69) is 51.5 Å². The third-order valence-corrected chi connectivity index (χ3v) is 3.35. The molecule has 110 valence electrons. The standard InChI is InChI=1S/C15H25N5/c1-12(2)19-15(16-3)18-11-13-6-7-14(17-10-13)20-8-4-5-9-20/h6-7,10,12H,4-5,8-9,11H2,1-3H3,(H2,16,18,19). The second kappa shape index (κ2) is 7.12. The minimum atomic E-state index is 0.372. The van der Waals surface area contributed by atoms with E-state index in [0.29, 0.717) is 6.04 Å². The molecule has 0 spiro atoms. The number of aromatic nitrogens is 1. The molecule has 20 heavy (non-hydrogen) atoms. The lowest BCUT2D eigenvalue weighted by molar-refractivity contribution is 0.699. The first-order valence-corrected chi connectivity index (χ1v) is 7.36. The number of hydrogen-bond donors (Lipinski definition) is 2. The minimum absolute atomic E-state index is 0.372. The predicted molar refractivity (Wildman–Crippen MR) is 84.2 cm³/mol. The highest BCUT2D eigenvalue weighted by molar-refractivity contribution is 5.79. The number of anilines is 1. The molecule has 0 unspecified atom stereocenters. The summed E-state index contributed by atoms with van der Waals surface area (Å²) in [6, 6.07) is 4.62. The van der Waals surface area contributed by atoms with Gasteiger partial charge < -0.3 is 15.5 Å². The molecule has 1 aliphatic heterocycles. The molecule has 1 aromatic heterocycles. The highest BCUT2D eigenvalue weighted by Crippen LogP contribution is 2.17. The Balaban J connectivity index is 1.87. The maximum atomic E-state index is 4.55. The van der Waals surface area contributed by atoms with E-state index < -0.39 is 0 Å². The Labute approximate surface area is 121 Å². The van der Waals surface area contributed by atoms with Gasteiger partial charge in [0.1, 0.15) is 5.82 Å². The van der Waals surface area contributed by atoms with Crippen LogP contribution in [-0.4, -0.2) is 37.1 Å². The maximum Gasteiger partial charge on any atom is 0.191 e. The molecule has 5 heteroatoms. The smallest absolute Gasteiger partial charge is 0.191 e. The van der Waals surface area contributed by atoms with Gasteiger partial charge in [0.15, 0.2) is 5.96 Å². The van der Waals surface area contributed by atoms with Gasteiger partial charge in [0.2, 0.25) is 0 Å². The van der Waals surface area contributed by atoms with Crippen LogP contribution in [0.25, 0.3) is 0 Å². The lowest BCUT2D eigenvalue weighted by Crippen LogP contribution is -2.40. The van der Waals surface area contributed by atoms with Gasteiger partial charge in [-0.2, -0.15) is 0 Å². The summed E-state index contributed by atoms with van der Waals surface area (Å²) < 4.78 is 0. The fraction of sp³-hybridized carbons (Fsp3) is 0.600. The van der Waals surface area contributed by atoms with Gasteiger partial charge >= 0.3 is 0 Å². The van der Waals surface area contributed by atoms with Gasteiger partial charge in [-0.15, -0.1) is 0 Å². The van der Waals surface area contributed by atoms with Crippen LogP contribution in [-0.2, 0) is 6.54 Å². The lowest BCUT2D eigenvalue weighted by atomic mass is 10.3. The van der Waals surface area contributed by atoms with Gasteiger partial charge in [-0.1, -0.05) is 6.07 Å².